The predicted octanol–water partition coefficient (Wildman–Crippen LogP) is 2.04. The summed E-state index contributed by atoms with van der Waals surface area (Å²) in [6.07, 6.45) is 2.39. The molecule has 40 heavy (non-hydrogen) atoms. The van der Waals surface area contributed by atoms with Gasteiger partial charge in [-0.2, -0.15) is 4.98 Å². The molecule has 2 fully saturated rings. The molecule has 1 saturated heterocycles. The standard InChI is InChI=1S/C26H34N5O8P/c1-2-38-26(34)31-14-12-30(13-15-31)25(33)21(17-40(35,36)37)28-24(32)20-16-22(39-19-10-6-7-11-19)29-23(27-20)18-8-4-3-5-9-18/h3-5,8-9,16,19,21H,2,6-7,10-15,17H2,1H3,(H,28,32)(H2,35,36,37). The van der Waals surface area contributed by atoms with Crippen LogP contribution < -0.4 is 10.1 Å². The van der Waals surface area contributed by atoms with Gasteiger partial charge in [0.25, 0.3) is 5.91 Å². The second kappa shape index (κ2) is 13.2. The summed E-state index contributed by atoms with van der Waals surface area (Å²) in [5, 5.41) is 2.47. The number of rotatable bonds is 9. The van der Waals surface area contributed by atoms with Gasteiger partial charge in [-0.1, -0.05) is 30.3 Å². The van der Waals surface area contributed by atoms with E-state index in [0.717, 1.165) is 25.7 Å². The van der Waals surface area contributed by atoms with E-state index in [9.17, 15) is 28.7 Å². The van der Waals surface area contributed by atoms with Crippen LogP contribution in [0.15, 0.2) is 36.4 Å². The first kappa shape index (κ1) is 29.4. The summed E-state index contributed by atoms with van der Waals surface area (Å²) in [5.41, 5.74) is 0.549. The molecule has 2 aromatic rings. The van der Waals surface area contributed by atoms with Gasteiger partial charge < -0.3 is 34.4 Å². The fraction of sp³-hybridized carbons (Fsp3) is 0.500. The molecule has 1 aliphatic heterocycles. The monoisotopic (exact) mass is 575 g/mol. The van der Waals surface area contributed by atoms with Crippen LogP contribution in [0.4, 0.5) is 4.79 Å². The van der Waals surface area contributed by atoms with E-state index in [4.69, 9.17) is 9.47 Å². The van der Waals surface area contributed by atoms with E-state index in [1.807, 2.05) is 6.07 Å². The van der Waals surface area contributed by atoms with Gasteiger partial charge in [-0.05, 0) is 32.6 Å². The normalized spacial score (nSPS) is 16.9. The van der Waals surface area contributed by atoms with Crippen LogP contribution in [0, 0.1) is 0 Å². The molecule has 1 saturated carbocycles. The first-order valence-corrected chi connectivity index (χ1v) is 15.1. The van der Waals surface area contributed by atoms with Crippen LogP contribution in [-0.2, 0) is 14.1 Å². The molecule has 1 aromatic carbocycles. The van der Waals surface area contributed by atoms with Gasteiger partial charge in [-0.25, -0.2) is 9.78 Å². The average molecular weight is 576 g/mol. The molecule has 1 aliphatic carbocycles. The lowest BCUT2D eigenvalue weighted by Gasteiger charge is -2.36. The maximum Gasteiger partial charge on any atom is 0.409 e. The van der Waals surface area contributed by atoms with Gasteiger partial charge in [0.2, 0.25) is 11.8 Å². The van der Waals surface area contributed by atoms with Crippen LogP contribution in [0.2, 0.25) is 0 Å². The SMILES string of the molecule is CCOC(=O)N1CCN(C(=O)C(CP(=O)(O)O)NC(=O)c2cc(OC3CCCC3)nc(-c3ccccc3)n2)CC1. The zero-order chi connectivity index (χ0) is 28.7. The lowest BCUT2D eigenvalue weighted by molar-refractivity contribution is -0.134. The summed E-state index contributed by atoms with van der Waals surface area (Å²) >= 11 is 0. The fourth-order valence-corrected chi connectivity index (χ4v) is 5.42. The molecule has 1 unspecified atom stereocenters. The topological polar surface area (TPSA) is 171 Å². The van der Waals surface area contributed by atoms with E-state index in [1.54, 1.807) is 31.2 Å². The van der Waals surface area contributed by atoms with E-state index < -0.39 is 37.7 Å². The number of carbonyl (C=O) groups is 3. The zero-order valence-corrected chi connectivity index (χ0v) is 23.2. The number of piperazine rings is 1. The highest BCUT2D eigenvalue weighted by Gasteiger charge is 2.35. The van der Waals surface area contributed by atoms with E-state index in [-0.39, 0.29) is 56.3 Å². The number of hydrogen-bond donors (Lipinski definition) is 3. The van der Waals surface area contributed by atoms with Crippen molar-refractivity contribution in [3.63, 3.8) is 0 Å². The average Bonchev–Trinajstić information content (AvgIpc) is 3.45. The number of nitrogens with one attached hydrogen (secondary N) is 1. The summed E-state index contributed by atoms with van der Waals surface area (Å²) in [6.45, 7) is 2.53. The van der Waals surface area contributed by atoms with Gasteiger partial charge in [-0.3, -0.25) is 14.2 Å². The van der Waals surface area contributed by atoms with Gasteiger partial charge in [0.05, 0.1) is 12.8 Å². The third kappa shape index (κ3) is 8.00. The molecule has 1 aromatic heterocycles. The highest BCUT2D eigenvalue weighted by Crippen LogP contribution is 2.35. The van der Waals surface area contributed by atoms with E-state index in [1.165, 1.54) is 15.9 Å². The minimum atomic E-state index is -4.70. The molecular weight excluding hydrogens is 541 g/mol. The van der Waals surface area contributed by atoms with Gasteiger partial charge in [0.15, 0.2) is 5.82 Å². The predicted molar refractivity (Wildman–Crippen MR) is 144 cm³/mol. The molecular formula is C26H34N5O8P. The van der Waals surface area contributed by atoms with Crippen molar-refractivity contribution in [3.05, 3.63) is 42.1 Å². The minimum absolute atomic E-state index is 0.0355. The Kier molecular flexibility index (Phi) is 9.72. The summed E-state index contributed by atoms with van der Waals surface area (Å²) in [5.74, 6) is -1.01. The Morgan fingerprint density at radius 1 is 1.05 bits per heavy atom. The van der Waals surface area contributed by atoms with Crippen molar-refractivity contribution >= 4 is 25.5 Å². The second-order valence-electron chi connectivity index (χ2n) is 9.69. The Hall–Kier alpha value is -3.54. The van der Waals surface area contributed by atoms with Gasteiger partial charge in [0, 0.05) is 37.8 Å². The van der Waals surface area contributed by atoms with Crippen LogP contribution in [-0.4, -0.2) is 98.6 Å². The number of nitrogens with zero attached hydrogens (tertiary/aromatic N) is 4. The van der Waals surface area contributed by atoms with Crippen LogP contribution in [0.5, 0.6) is 5.88 Å². The Morgan fingerprint density at radius 3 is 2.33 bits per heavy atom. The van der Waals surface area contributed by atoms with Crippen molar-refractivity contribution in [1.29, 1.82) is 0 Å². The summed E-state index contributed by atoms with van der Waals surface area (Å²) in [4.78, 5) is 69.6. The third-order valence-electron chi connectivity index (χ3n) is 6.70. The van der Waals surface area contributed by atoms with E-state index in [2.05, 4.69) is 15.3 Å². The van der Waals surface area contributed by atoms with Crippen molar-refractivity contribution in [3.8, 4) is 17.3 Å². The van der Waals surface area contributed by atoms with Gasteiger partial charge in [-0.15, -0.1) is 0 Å². The van der Waals surface area contributed by atoms with Gasteiger partial charge in [0.1, 0.15) is 17.8 Å². The molecule has 0 spiro atoms. The molecule has 4 rings (SSSR count). The molecule has 1 atom stereocenters. The first-order chi connectivity index (χ1) is 19.1. The number of benzene rings is 1. The van der Waals surface area contributed by atoms with Crippen LogP contribution in [0.25, 0.3) is 11.4 Å². The highest BCUT2D eigenvalue weighted by molar-refractivity contribution is 7.51. The summed E-state index contributed by atoms with van der Waals surface area (Å²) < 4.78 is 22.9. The first-order valence-electron chi connectivity index (χ1n) is 13.3. The molecule has 14 heteroatoms. The lowest BCUT2D eigenvalue weighted by atomic mass is 10.2. The quantitative estimate of drug-likeness (QED) is 0.376. The molecule has 2 aliphatic rings. The fourth-order valence-electron chi connectivity index (χ4n) is 4.70. The maximum absolute atomic E-state index is 13.4. The smallest absolute Gasteiger partial charge is 0.409 e. The molecule has 0 bridgehead atoms. The Morgan fingerprint density at radius 2 is 1.70 bits per heavy atom. The summed E-state index contributed by atoms with van der Waals surface area (Å²) in [7, 11) is -4.70. The minimum Gasteiger partial charge on any atom is -0.474 e. The van der Waals surface area contributed by atoms with Crippen molar-refractivity contribution in [2.75, 3.05) is 38.9 Å². The molecule has 2 heterocycles. The molecule has 0 radical (unpaired) electrons. The van der Waals surface area contributed by atoms with E-state index >= 15 is 0 Å². The number of ether oxygens (including phenoxy) is 2. The molecule has 3 N–H and O–H groups in total. The van der Waals surface area contributed by atoms with Crippen molar-refractivity contribution in [2.45, 2.75) is 44.8 Å². The summed E-state index contributed by atoms with van der Waals surface area (Å²) in [6, 6.07) is 8.87. The Bertz CT molecular complexity index is 1240. The molecule has 13 nitrogen and oxygen atoms in total. The number of amides is 3. The van der Waals surface area contributed by atoms with Crippen LogP contribution in [0.1, 0.15) is 43.1 Å². The van der Waals surface area contributed by atoms with Crippen LogP contribution in [0.3, 0.4) is 0 Å². The number of aromatic nitrogens is 2. The second-order valence-corrected chi connectivity index (χ2v) is 11.4. The maximum atomic E-state index is 13.4. The highest BCUT2D eigenvalue weighted by atomic mass is 31.2. The number of carbonyl (C=O) groups excluding carboxylic acids is 3. The van der Waals surface area contributed by atoms with Crippen molar-refractivity contribution in [1.82, 2.24) is 25.1 Å². The molecule has 216 valence electrons. The molecule has 3 amide bonds. The van der Waals surface area contributed by atoms with Crippen LogP contribution >= 0.6 is 7.60 Å². The van der Waals surface area contributed by atoms with E-state index in [0.29, 0.717) is 5.56 Å². The number of hydrogen-bond acceptors (Lipinski definition) is 8. The van der Waals surface area contributed by atoms with Crippen molar-refractivity contribution < 1.29 is 38.2 Å². The Balaban J connectivity index is 1.54. The Labute approximate surface area is 232 Å². The third-order valence-corrected chi connectivity index (χ3v) is 7.54. The van der Waals surface area contributed by atoms with Gasteiger partial charge >= 0.3 is 13.7 Å². The zero-order valence-electron chi connectivity index (χ0n) is 22.3. The lowest BCUT2D eigenvalue weighted by Crippen LogP contribution is -2.56. The largest absolute Gasteiger partial charge is 0.474 e. The van der Waals surface area contributed by atoms with Crippen molar-refractivity contribution in [2.24, 2.45) is 0 Å².